The lowest BCUT2D eigenvalue weighted by atomic mass is 9.80. The van der Waals surface area contributed by atoms with E-state index in [1.165, 1.54) is 11.1 Å². The fourth-order valence-corrected chi connectivity index (χ4v) is 4.14. The standard InChI is InChI=1S/C23H27N3O/c1-16-6-2-3-7-19(16)15-24-23(27)18-12-10-17(11-13-18)14-22-25-20-8-4-5-9-21(20)26-22/h2-9,17-18H,10-15H2,1H3,(H,24,27)(H,25,26)/t17-,18+. The van der Waals surface area contributed by atoms with Crippen molar-refractivity contribution in [3.05, 3.63) is 65.5 Å². The number of nitrogens with zero attached hydrogens (tertiary/aromatic N) is 1. The van der Waals surface area contributed by atoms with Gasteiger partial charge in [-0.1, -0.05) is 36.4 Å². The zero-order valence-electron chi connectivity index (χ0n) is 15.9. The van der Waals surface area contributed by atoms with Gasteiger partial charge in [0.05, 0.1) is 11.0 Å². The van der Waals surface area contributed by atoms with Gasteiger partial charge in [-0.3, -0.25) is 4.79 Å². The van der Waals surface area contributed by atoms with Crippen LogP contribution in [0, 0.1) is 18.8 Å². The van der Waals surface area contributed by atoms with Crippen molar-refractivity contribution < 1.29 is 4.79 Å². The molecule has 1 aromatic heterocycles. The third-order valence-corrected chi connectivity index (χ3v) is 5.85. The number of para-hydroxylation sites is 2. The molecule has 3 aromatic rings. The first kappa shape index (κ1) is 17.8. The number of aromatic nitrogens is 2. The number of aryl methyl sites for hydroxylation is 1. The zero-order valence-corrected chi connectivity index (χ0v) is 15.9. The van der Waals surface area contributed by atoms with Gasteiger partial charge < -0.3 is 10.3 Å². The largest absolute Gasteiger partial charge is 0.352 e. The molecule has 140 valence electrons. The molecular weight excluding hydrogens is 334 g/mol. The number of rotatable bonds is 5. The van der Waals surface area contributed by atoms with Crippen molar-refractivity contribution in [3.8, 4) is 0 Å². The third-order valence-electron chi connectivity index (χ3n) is 5.85. The van der Waals surface area contributed by atoms with Crippen LogP contribution in [0.5, 0.6) is 0 Å². The van der Waals surface area contributed by atoms with Gasteiger partial charge in [-0.05, 0) is 61.8 Å². The van der Waals surface area contributed by atoms with Crippen molar-refractivity contribution in [2.45, 2.75) is 45.6 Å². The number of benzene rings is 2. The maximum absolute atomic E-state index is 12.5. The van der Waals surface area contributed by atoms with E-state index < -0.39 is 0 Å². The molecule has 1 aliphatic rings. The molecule has 0 saturated heterocycles. The molecule has 27 heavy (non-hydrogen) atoms. The molecule has 1 fully saturated rings. The highest BCUT2D eigenvalue weighted by Gasteiger charge is 2.26. The summed E-state index contributed by atoms with van der Waals surface area (Å²) in [6, 6.07) is 16.4. The molecule has 2 N–H and O–H groups in total. The molecule has 4 heteroatoms. The van der Waals surface area contributed by atoms with Crippen LogP contribution < -0.4 is 5.32 Å². The molecule has 0 spiro atoms. The summed E-state index contributed by atoms with van der Waals surface area (Å²) in [6.45, 7) is 2.72. The van der Waals surface area contributed by atoms with Crippen molar-refractivity contribution in [2.75, 3.05) is 0 Å². The molecular formula is C23H27N3O. The van der Waals surface area contributed by atoms with Crippen LogP contribution in [-0.4, -0.2) is 15.9 Å². The zero-order chi connectivity index (χ0) is 18.6. The number of H-pyrrole nitrogens is 1. The van der Waals surface area contributed by atoms with E-state index in [0.29, 0.717) is 12.5 Å². The van der Waals surface area contributed by atoms with Crippen molar-refractivity contribution in [1.29, 1.82) is 0 Å². The van der Waals surface area contributed by atoms with Gasteiger partial charge in [-0.25, -0.2) is 4.98 Å². The van der Waals surface area contributed by atoms with Crippen LogP contribution in [-0.2, 0) is 17.8 Å². The van der Waals surface area contributed by atoms with Crippen LogP contribution >= 0.6 is 0 Å². The first-order valence-electron chi connectivity index (χ1n) is 9.95. The van der Waals surface area contributed by atoms with Crippen molar-refractivity contribution >= 4 is 16.9 Å². The predicted octanol–water partition coefficient (Wildman–Crippen LogP) is 4.54. The van der Waals surface area contributed by atoms with Gasteiger partial charge in [0, 0.05) is 18.9 Å². The summed E-state index contributed by atoms with van der Waals surface area (Å²) in [6.07, 6.45) is 5.13. The summed E-state index contributed by atoms with van der Waals surface area (Å²) >= 11 is 0. The minimum Gasteiger partial charge on any atom is -0.352 e. The van der Waals surface area contributed by atoms with E-state index in [4.69, 9.17) is 4.98 Å². The average molecular weight is 361 g/mol. The SMILES string of the molecule is Cc1ccccc1CNC(=O)[C@H]1CC[C@@H](Cc2nc3ccccc3[nH]2)CC1. The number of aromatic amines is 1. The van der Waals surface area contributed by atoms with Gasteiger partial charge in [0.2, 0.25) is 5.91 Å². The molecule has 0 bridgehead atoms. The summed E-state index contributed by atoms with van der Waals surface area (Å²) in [5.74, 6) is 2.05. The Bertz CT molecular complexity index is 889. The lowest BCUT2D eigenvalue weighted by molar-refractivity contribution is -0.126. The summed E-state index contributed by atoms with van der Waals surface area (Å²) in [7, 11) is 0. The quantitative estimate of drug-likeness (QED) is 0.701. The Kier molecular flexibility index (Phi) is 5.23. The first-order chi connectivity index (χ1) is 13.2. The molecule has 1 heterocycles. The first-order valence-corrected chi connectivity index (χ1v) is 9.95. The van der Waals surface area contributed by atoms with Gasteiger partial charge in [0.1, 0.15) is 5.82 Å². The minimum absolute atomic E-state index is 0.154. The van der Waals surface area contributed by atoms with E-state index in [-0.39, 0.29) is 11.8 Å². The number of nitrogens with one attached hydrogen (secondary N) is 2. The maximum atomic E-state index is 12.5. The van der Waals surface area contributed by atoms with Crippen LogP contribution in [0.25, 0.3) is 11.0 Å². The Morgan fingerprint density at radius 2 is 1.81 bits per heavy atom. The average Bonchev–Trinajstić information content (AvgIpc) is 3.10. The van der Waals surface area contributed by atoms with Gasteiger partial charge >= 0.3 is 0 Å². The number of hydrogen-bond donors (Lipinski definition) is 2. The fraction of sp³-hybridized carbons (Fsp3) is 0.391. The van der Waals surface area contributed by atoms with Gasteiger partial charge in [0.25, 0.3) is 0 Å². The second kappa shape index (κ2) is 7.95. The number of amides is 1. The van der Waals surface area contributed by atoms with Gasteiger partial charge in [-0.15, -0.1) is 0 Å². The topological polar surface area (TPSA) is 57.8 Å². The molecule has 2 aromatic carbocycles. The summed E-state index contributed by atoms with van der Waals surface area (Å²) < 4.78 is 0. The Morgan fingerprint density at radius 3 is 2.59 bits per heavy atom. The molecule has 0 atom stereocenters. The molecule has 1 saturated carbocycles. The van der Waals surface area contributed by atoms with E-state index in [2.05, 4.69) is 35.4 Å². The number of carbonyl (C=O) groups excluding carboxylic acids is 1. The van der Waals surface area contributed by atoms with Gasteiger partial charge in [-0.2, -0.15) is 0 Å². The highest BCUT2D eigenvalue weighted by atomic mass is 16.1. The summed E-state index contributed by atoms with van der Waals surface area (Å²) in [5, 5.41) is 3.13. The number of hydrogen-bond acceptors (Lipinski definition) is 2. The van der Waals surface area contributed by atoms with E-state index in [0.717, 1.165) is 49.0 Å². The highest BCUT2D eigenvalue weighted by Crippen LogP contribution is 2.31. The molecule has 4 rings (SSSR count). The molecule has 0 aliphatic heterocycles. The number of carbonyl (C=O) groups is 1. The maximum Gasteiger partial charge on any atom is 0.223 e. The van der Waals surface area contributed by atoms with Crippen LogP contribution in [0.1, 0.15) is 42.6 Å². The van der Waals surface area contributed by atoms with E-state index in [1.807, 2.05) is 30.3 Å². The molecule has 0 radical (unpaired) electrons. The summed E-state index contributed by atoms with van der Waals surface area (Å²) in [4.78, 5) is 20.7. The normalized spacial score (nSPS) is 19.9. The second-order valence-corrected chi connectivity index (χ2v) is 7.77. The van der Waals surface area contributed by atoms with Crippen molar-refractivity contribution in [2.24, 2.45) is 11.8 Å². The van der Waals surface area contributed by atoms with Crippen LogP contribution in [0.4, 0.5) is 0 Å². The van der Waals surface area contributed by atoms with Crippen LogP contribution in [0.3, 0.4) is 0 Å². The molecule has 1 aliphatic carbocycles. The Morgan fingerprint density at radius 1 is 1.07 bits per heavy atom. The smallest absolute Gasteiger partial charge is 0.223 e. The number of fused-ring (bicyclic) bond motifs is 1. The monoisotopic (exact) mass is 361 g/mol. The molecule has 0 unspecified atom stereocenters. The van der Waals surface area contributed by atoms with Crippen molar-refractivity contribution in [3.63, 3.8) is 0 Å². The third kappa shape index (κ3) is 4.21. The van der Waals surface area contributed by atoms with Crippen LogP contribution in [0.15, 0.2) is 48.5 Å². The molecule has 4 nitrogen and oxygen atoms in total. The van der Waals surface area contributed by atoms with Gasteiger partial charge in [0.15, 0.2) is 0 Å². The van der Waals surface area contributed by atoms with Crippen molar-refractivity contribution in [1.82, 2.24) is 15.3 Å². The van der Waals surface area contributed by atoms with E-state index in [9.17, 15) is 4.79 Å². The Labute approximate surface area is 160 Å². The lowest BCUT2D eigenvalue weighted by Gasteiger charge is -2.27. The lowest BCUT2D eigenvalue weighted by Crippen LogP contribution is -2.33. The fourth-order valence-electron chi connectivity index (χ4n) is 4.14. The van der Waals surface area contributed by atoms with E-state index >= 15 is 0 Å². The Hall–Kier alpha value is -2.62. The minimum atomic E-state index is 0.154. The van der Waals surface area contributed by atoms with Crippen LogP contribution in [0.2, 0.25) is 0 Å². The highest BCUT2D eigenvalue weighted by molar-refractivity contribution is 5.78. The second-order valence-electron chi connectivity index (χ2n) is 7.77. The van der Waals surface area contributed by atoms with E-state index in [1.54, 1.807) is 0 Å². The summed E-state index contributed by atoms with van der Waals surface area (Å²) in [5.41, 5.74) is 4.57. The predicted molar refractivity (Wildman–Crippen MR) is 108 cm³/mol. The Balaban J connectivity index is 1.27. The molecule has 1 amide bonds. The number of imidazole rings is 1.